The molecule has 0 saturated carbocycles. The Morgan fingerprint density at radius 3 is 2.90 bits per heavy atom. The molecule has 0 bridgehead atoms. The molecule has 1 aromatic rings. The van der Waals surface area contributed by atoms with E-state index in [1.807, 2.05) is 0 Å². The fraction of sp³-hybridized carbons (Fsp3) is 0.400. The molecular formula is C15H17ClN2O3. The van der Waals surface area contributed by atoms with Gasteiger partial charge in [0, 0.05) is 25.1 Å². The van der Waals surface area contributed by atoms with Crippen molar-refractivity contribution in [1.82, 2.24) is 4.90 Å². The van der Waals surface area contributed by atoms with Crippen molar-refractivity contribution >= 4 is 23.3 Å². The topological polar surface area (TPSA) is 61.8 Å². The molecule has 0 spiro atoms. The Morgan fingerprint density at radius 1 is 1.43 bits per heavy atom. The third-order valence-electron chi connectivity index (χ3n) is 2.98. The van der Waals surface area contributed by atoms with Crippen LogP contribution in [-0.4, -0.2) is 48.9 Å². The van der Waals surface area contributed by atoms with Gasteiger partial charge in [0.1, 0.15) is 0 Å². The normalized spacial score (nSPS) is 14.3. The average Bonchev–Trinajstić information content (AvgIpc) is 2.51. The molecular weight excluding hydrogens is 292 g/mol. The first kappa shape index (κ1) is 15.6. The van der Waals surface area contributed by atoms with Crippen molar-refractivity contribution in [3.05, 3.63) is 28.8 Å². The third-order valence-corrected chi connectivity index (χ3v) is 3.31. The first-order valence-electron chi connectivity index (χ1n) is 6.73. The number of nitrogens with zero attached hydrogens (tertiary/aromatic N) is 1. The van der Waals surface area contributed by atoms with Gasteiger partial charge in [-0.15, -0.1) is 0 Å². The second-order valence-electron chi connectivity index (χ2n) is 4.50. The molecule has 0 radical (unpaired) electrons. The SMILES string of the molecule is O=C(Nc1cc(C#CCCO)ccc1Cl)N1CCOCC1. The van der Waals surface area contributed by atoms with E-state index < -0.39 is 0 Å². The summed E-state index contributed by atoms with van der Waals surface area (Å²) in [5.74, 6) is 5.74. The second-order valence-corrected chi connectivity index (χ2v) is 4.91. The standard InChI is InChI=1S/C15H17ClN2O3/c16-13-5-4-12(3-1-2-8-19)11-14(13)17-15(20)18-6-9-21-10-7-18/h4-5,11,19H,2,6-10H2,(H,17,20). The van der Waals surface area contributed by atoms with Crippen molar-refractivity contribution in [2.75, 3.05) is 38.2 Å². The third kappa shape index (κ3) is 4.64. The molecule has 2 rings (SSSR count). The van der Waals surface area contributed by atoms with Gasteiger partial charge in [0.05, 0.1) is 30.5 Å². The smallest absolute Gasteiger partial charge is 0.322 e. The number of carbonyl (C=O) groups is 1. The van der Waals surface area contributed by atoms with Crippen LogP contribution in [-0.2, 0) is 4.74 Å². The van der Waals surface area contributed by atoms with E-state index in [9.17, 15) is 4.79 Å². The van der Waals surface area contributed by atoms with Crippen molar-refractivity contribution in [1.29, 1.82) is 0 Å². The largest absolute Gasteiger partial charge is 0.395 e. The van der Waals surface area contributed by atoms with Crippen molar-refractivity contribution in [3.63, 3.8) is 0 Å². The fourth-order valence-corrected chi connectivity index (χ4v) is 2.04. The van der Waals surface area contributed by atoms with Crippen molar-refractivity contribution in [3.8, 4) is 11.8 Å². The number of hydrogen-bond acceptors (Lipinski definition) is 3. The van der Waals surface area contributed by atoms with E-state index in [2.05, 4.69) is 17.2 Å². The molecule has 0 aliphatic carbocycles. The number of hydrogen-bond donors (Lipinski definition) is 2. The fourth-order valence-electron chi connectivity index (χ4n) is 1.88. The number of anilines is 1. The van der Waals surface area contributed by atoms with Gasteiger partial charge in [0.2, 0.25) is 0 Å². The molecule has 1 saturated heterocycles. The van der Waals surface area contributed by atoms with E-state index in [4.69, 9.17) is 21.4 Å². The number of morpholine rings is 1. The number of halogens is 1. The molecule has 112 valence electrons. The molecule has 1 aromatic carbocycles. The first-order valence-corrected chi connectivity index (χ1v) is 7.11. The summed E-state index contributed by atoms with van der Waals surface area (Å²) in [5.41, 5.74) is 1.27. The summed E-state index contributed by atoms with van der Waals surface area (Å²) < 4.78 is 5.21. The van der Waals surface area contributed by atoms with Crippen LogP contribution in [0.2, 0.25) is 5.02 Å². The summed E-state index contributed by atoms with van der Waals surface area (Å²) in [7, 11) is 0. The lowest BCUT2D eigenvalue weighted by atomic mass is 10.2. The number of urea groups is 1. The number of aliphatic hydroxyl groups is 1. The van der Waals surface area contributed by atoms with Crippen LogP contribution in [0, 0.1) is 11.8 Å². The number of rotatable bonds is 2. The van der Waals surface area contributed by atoms with Gasteiger partial charge in [-0.3, -0.25) is 0 Å². The molecule has 0 atom stereocenters. The molecule has 1 heterocycles. The number of carbonyl (C=O) groups excluding carboxylic acids is 1. The lowest BCUT2D eigenvalue weighted by Crippen LogP contribution is -2.43. The van der Waals surface area contributed by atoms with Gasteiger partial charge >= 0.3 is 6.03 Å². The zero-order valence-electron chi connectivity index (χ0n) is 11.6. The van der Waals surface area contributed by atoms with Crippen LogP contribution in [0.3, 0.4) is 0 Å². The van der Waals surface area contributed by atoms with Crippen LogP contribution in [0.4, 0.5) is 10.5 Å². The minimum absolute atomic E-state index is 0.0290. The summed E-state index contributed by atoms with van der Waals surface area (Å²) in [6, 6.07) is 5.00. The van der Waals surface area contributed by atoms with Crippen LogP contribution < -0.4 is 5.32 Å². The number of amides is 2. The summed E-state index contributed by atoms with van der Waals surface area (Å²) in [6.07, 6.45) is 0.415. The highest BCUT2D eigenvalue weighted by Gasteiger charge is 2.17. The summed E-state index contributed by atoms with van der Waals surface area (Å²) in [5, 5.41) is 12.0. The van der Waals surface area contributed by atoms with Crippen LogP contribution in [0.25, 0.3) is 0 Å². The maximum Gasteiger partial charge on any atom is 0.322 e. The zero-order chi connectivity index (χ0) is 15.1. The van der Waals surface area contributed by atoms with Crippen LogP contribution >= 0.6 is 11.6 Å². The van der Waals surface area contributed by atoms with Crippen molar-refractivity contribution in [2.45, 2.75) is 6.42 Å². The van der Waals surface area contributed by atoms with Crippen LogP contribution in [0.1, 0.15) is 12.0 Å². The molecule has 6 heteroatoms. The van der Waals surface area contributed by atoms with E-state index >= 15 is 0 Å². The number of nitrogens with one attached hydrogen (secondary N) is 1. The van der Waals surface area contributed by atoms with Gasteiger partial charge in [0.15, 0.2) is 0 Å². The Labute approximate surface area is 128 Å². The lowest BCUT2D eigenvalue weighted by Gasteiger charge is -2.27. The second kappa shape index (κ2) is 7.89. The maximum absolute atomic E-state index is 12.1. The zero-order valence-corrected chi connectivity index (χ0v) is 12.3. The predicted octanol–water partition coefficient (Wildman–Crippen LogP) is 1.94. The van der Waals surface area contributed by atoms with Gasteiger partial charge in [-0.05, 0) is 18.2 Å². The average molecular weight is 309 g/mol. The Morgan fingerprint density at radius 2 is 2.19 bits per heavy atom. The van der Waals surface area contributed by atoms with E-state index in [1.165, 1.54) is 0 Å². The van der Waals surface area contributed by atoms with E-state index in [0.29, 0.717) is 43.4 Å². The lowest BCUT2D eigenvalue weighted by molar-refractivity contribution is 0.0564. The number of benzene rings is 1. The first-order chi connectivity index (χ1) is 10.2. The molecule has 2 amide bonds. The molecule has 1 fully saturated rings. The monoisotopic (exact) mass is 308 g/mol. The highest BCUT2D eigenvalue weighted by Crippen LogP contribution is 2.23. The van der Waals surface area contributed by atoms with Gasteiger partial charge < -0.3 is 20.1 Å². The molecule has 2 N–H and O–H groups in total. The van der Waals surface area contributed by atoms with Crippen molar-refractivity contribution < 1.29 is 14.6 Å². The van der Waals surface area contributed by atoms with Gasteiger partial charge in [-0.1, -0.05) is 23.4 Å². The Balaban J connectivity index is 2.06. The summed E-state index contributed by atoms with van der Waals surface area (Å²) in [6.45, 7) is 2.27. The van der Waals surface area contributed by atoms with Crippen LogP contribution in [0.15, 0.2) is 18.2 Å². The highest BCUT2D eigenvalue weighted by atomic mass is 35.5. The van der Waals surface area contributed by atoms with Gasteiger partial charge in [-0.25, -0.2) is 4.79 Å². The molecule has 5 nitrogen and oxygen atoms in total. The molecule has 0 unspecified atom stereocenters. The van der Waals surface area contributed by atoms with E-state index in [0.717, 1.165) is 5.56 Å². The molecule has 0 aromatic heterocycles. The minimum Gasteiger partial charge on any atom is -0.395 e. The van der Waals surface area contributed by atoms with Gasteiger partial charge in [0.25, 0.3) is 0 Å². The molecule has 1 aliphatic rings. The summed E-state index contributed by atoms with van der Waals surface area (Å²) >= 11 is 6.09. The maximum atomic E-state index is 12.1. The van der Waals surface area contributed by atoms with Crippen LogP contribution in [0.5, 0.6) is 0 Å². The molecule has 21 heavy (non-hydrogen) atoms. The predicted molar refractivity (Wildman–Crippen MR) is 81.4 cm³/mol. The Kier molecular flexibility index (Phi) is 5.88. The van der Waals surface area contributed by atoms with Crippen molar-refractivity contribution in [2.24, 2.45) is 0 Å². The Hall–Kier alpha value is -1.74. The number of aliphatic hydroxyl groups excluding tert-OH is 1. The minimum atomic E-state index is -0.194. The highest BCUT2D eigenvalue weighted by molar-refractivity contribution is 6.33. The molecule has 1 aliphatic heterocycles. The van der Waals surface area contributed by atoms with Gasteiger partial charge in [-0.2, -0.15) is 0 Å². The van der Waals surface area contributed by atoms with E-state index in [-0.39, 0.29) is 12.6 Å². The van der Waals surface area contributed by atoms with E-state index in [1.54, 1.807) is 23.1 Å². The number of ether oxygens (including phenoxy) is 1. The summed E-state index contributed by atoms with van der Waals surface area (Å²) in [4.78, 5) is 13.8. The quantitative estimate of drug-likeness (QED) is 0.821. The Bertz CT molecular complexity index is 560.